The minimum atomic E-state index is -1.85. The van der Waals surface area contributed by atoms with Crippen molar-refractivity contribution in [2.45, 2.75) is 58.2 Å². The Bertz CT molecular complexity index is 790. The van der Waals surface area contributed by atoms with Gasteiger partial charge in [0.05, 0.1) is 5.56 Å². The molecule has 0 saturated heterocycles. The molecule has 1 N–H and O–H groups in total. The van der Waals surface area contributed by atoms with Crippen LogP contribution >= 0.6 is 0 Å². The summed E-state index contributed by atoms with van der Waals surface area (Å²) in [5.74, 6) is 3.20. The average Bonchev–Trinajstić information content (AvgIpc) is 2.47. The highest BCUT2D eigenvalue weighted by Crippen LogP contribution is 2.40. The van der Waals surface area contributed by atoms with E-state index in [2.05, 4.69) is 68.0 Å². The molecular weight excluding hydrogens is 302 g/mol. The first kappa shape index (κ1) is 17.4. The number of aromatic nitrogens is 3. The van der Waals surface area contributed by atoms with E-state index in [4.69, 9.17) is 0 Å². The van der Waals surface area contributed by atoms with Crippen LogP contribution in [0.2, 0.25) is 16.6 Å². The fourth-order valence-electron chi connectivity index (χ4n) is 3.65. The number of H-pyrrole nitrogens is 1. The maximum atomic E-state index is 12.3. The van der Waals surface area contributed by atoms with E-state index in [-0.39, 0.29) is 5.56 Å². The van der Waals surface area contributed by atoms with Crippen LogP contribution in [0.1, 0.15) is 47.1 Å². The number of nitrogens with zero attached hydrogens (tertiary/aromatic N) is 2. The average molecular weight is 328 g/mol. The van der Waals surface area contributed by atoms with E-state index in [1.54, 1.807) is 12.3 Å². The molecule has 2 heterocycles. The summed E-state index contributed by atoms with van der Waals surface area (Å²) >= 11 is 0. The Hall–Kier alpha value is -1.93. The second-order valence-corrected chi connectivity index (χ2v) is 12.6. The Morgan fingerprint density at radius 3 is 2.26 bits per heavy atom. The van der Waals surface area contributed by atoms with Crippen molar-refractivity contribution in [3.8, 4) is 11.5 Å². The lowest BCUT2D eigenvalue weighted by Gasteiger charge is -2.38. The zero-order chi connectivity index (χ0) is 17.2. The maximum Gasteiger partial charge on any atom is 0.265 e. The van der Waals surface area contributed by atoms with Gasteiger partial charge in [0.1, 0.15) is 20.0 Å². The first-order chi connectivity index (χ1) is 10.8. The maximum absolute atomic E-state index is 12.3. The van der Waals surface area contributed by atoms with Crippen LogP contribution in [-0.2, 0) is 0 Å². The van der Waals surface area contributed by atoms with E-state index in [1.165, 1.54) is 6.33 Å². The van der Waals surface area contributed by atoms with E-state index < -0.39 is 8.07 Å². The molecule has 2 aromatic heterocycles. The normalized spacial score (nSPS) is 12.0. The molecule has 0 spiro atoms. The zero-order valence-electron chi connectivity index (χ0n) is 14.8. The first-order valence-electron chi connectivity index (χ1n) is 8.15. The summed E-state index contributed by atoms with van der Waals surface area (Å²) in [6.45, 7) is 13.6. The van der Waals surface area contributed by atoms with Crippen molar-refractivity contribution in [3.63, 3.8) is 0 Å². The monoisotopic (exact) mass is 327 g/mol. The van der Waals surface area contributed by atoms with Crippen molar-refractivity contribution in [1.29, 1.82) is 0 Å². The van der Waals surface area contributed by atoms with Gasteiger partial charge in [-0.1, -0.05) is 47.5 Å². The third-order valence-electron chi connectivity index (χ3n) is 4.80. The van der Waals surface area contributed by atoms with E-state index in [0.717, 1.165) is 5.39 Å². The molecule has 0 aliphatic rings. The van der Waals surface area contributed by atoms with Crippen molar-refractivity contribution in [2.75, 3.05) is 0 Å². The van der Waals surface area contributed by atoms with Crippen molar-refractivity contribution in [2.24, 2.45) is 0 Å². The molecule has 0 aliphatic heterocycles. The van der Waals surface area contributed by atoms with E-state index in [9.17, 15) is 4.79 Å². The van der Waals surface area contributed by atoms with Gasteiger partial charge in [-0.3, -0.25) is 4.79 Å². The van der Waals surface area contributed by atoms with Crippen LogP contribution in [0.4, 0.5) is 0 Å². The molecule has 0 fully saturated rings. The second-order valence-electron chi connectivity index (χ2n) is 6.99. The number of aromatic amines is 1. The molecular formula is C18H25N3OSi. The second kappa shape index (κ2) is 6.67. The SMILES string of the molecule is CC(C)[Si](C#Cc1cc2cncnc2[nH]c1=O)(C(C)C)C(C)C. The standard InChI is InChI=1S/C18H25N3OSi/c1-12(2)23(13(3)4,14(5)6)8-7-15-9-16-10-19-11-20-17(16)21-18(15)22/h9-14H,1-6H3,(H,19,20,21,22). The predicted octanol–water partition coefficient (Wildman–Crippen LogP) is 3.89. The number of fused-ring (bicyclic) bond motifs is 1. The van der Waals surface area contributed by atoms with Crippen molar-refractivity contribution >= 4 is 19.1 Å². The van der Waals surface area contributed by atoms with Gasteiger partial charge in [0.2, 0.25) is 0 Å². The fourth-order valence-corrected chi connectivity index (χ4v) is 8.87. The highest BCUT2D eigenvalue weighted by molar-refractivity contribution is 6.90. The number of nitrogens with one attached hydrogen (secondary N) is 1. The van der Waals surface area contributed by atoms with Crippen molar-refractivity contribution in [3.05, 3.63) is 34.5 Å². The molecule has 0 unspecified atom stereocenters. The third-order valence-corrected chi connectivity index (χ3v) is 11.1. The van der Waals surface area contributed by atoms with Gasteiger partial charge in [0, 0.05) is 11.6 Å². The summed E-state index contributed by atoms with van der Waals surface area (Å²) in [7, 11) is -1.85. The summed E-state index contributed by atoms with van der Waals surface area (Å²) in [4.78, 5) is 23.1. The molecule has 0 amide bonds. The lowest BCUT2D eigenvalue weighted by atomic mass is 10.2. The molecule has 0 radical (unpaired) electrons. The number of rotatable bonds is 3. The Labute approximate surface area is 138 Å². The van der Waals surface area contributed by atoms with Gasteiger partial charge in [-0.2, -0.15) is 0 Å². The van der Waals surface area contributed by atoms with Crippen LogP contribution in [-0.4, -0.2) is 23.0 Å². The fraction of sp³-hybridized carbons (Fsp3) is 0.500. The smallest absolute Gasteiger partial charge is 0.265 e. The van der Waals surface area contributed by atoms with Gasteiger partial charge in [-0.15, -0.1) is 5.54 Å². The molecule has 23 heavy (non-hydrogen) atoms. The molecule has 0 atom stereocenters. The molecule has 2 aromatic rings. The van der Waals surface area contributed by atoms with Crippen LogP contribution in [0.15, 0.2) is 23.4 Å². The van der Waals surface area contributed by atoms with Crippen LogP contribution in [0.3, 0.4) is 0 Å². The van der Waals surface area contributed by atoms with E-state index in [1.807, 2.05) is 0 Å². The topological polar surface area (TPSA) is 58.6 Å². The van der Waals surface area contributed by atoms with Gasteiger partial charge in [0.25, 0.3) is 5.56 Å². The molecule has 122 valence electrons. The minimum Gasteiger partial charge on any atom is -0.305 e. The number of pyridine rings is 1. The van der Waals surface area contributed by atoms with Crippen LogP contribution < -0.4 is 5.56 Å². The Balaban J connectivity index is 2.59. The van der Waals surface area contributed by atoms with Gasteiger partial charge >= 0.3 is 0 Å². The zero-order valence-corrected chi connectivity index (χ0v) is 15.8. The summed E-state index contributed by atoms with van der Waals surface area (Å²) in [5.41, 5.74) is 6.08. The summed E-state index contributed by atoms with van der Waals surface area (Å²) in [6, 6.07) is 1.79. The molecule has 0 bridgehead atoms. The molecule has 0 aromatic carbocycles. The third kappa shape index (κ3) is 3.23. The first-order valence-corrected chi connectivity index (χ1v) is 10.4. The Morgan fingerprint density at radius 2 is 1.70 bits per heavy atom. The molecule has 5 heteroatoms. The Kier molecular flexibility index (Phi) is 5.05. The van der Waals surface area contributed by atoms with E-state index in [0.29, 0.717) is 27.8 Å². The highest BCUT2D eigenvalue weighted by Gasteiger charge is 2.41. The van der Waals surface area contributed by atoms with Gasteiger partial charge in [-0.25, -0.2) is 9.97 Å². The lowest BCUT2D eigenvalue weighted by molar-refractivity contribution is 0.838. The Morgan fingerprint density at radius 1 is 1.09 bits per heavy atom. The molecule has 2 rings (SSSR count). The number of hydrogen-bond acceptors (Lipinski definition) is 3. The largest absolute Gasteiger partial charge is 0.305 e. The molecule has 0 saturated carbocycles. The minimum absolute atomic E-state index is 0.178. The number of hydrogen-bond donors (Lipinski definition) is 1. The van der Waals surface area contributed by atoms with Crippen LogP contribution in [0.25, 0.3) is 11.0 Å². The predicted molar refractivity (Wildman–Crippen MR) is 98.1 cm³/mol. The van der Waals surface area contributed by atoms with Gasteiger partial charge in [-0.05, 0) is 22.7 Å². The molecule has 4 nitrogen and oxygen atoms in total. The quantitative estimate of drug-likeness (QED) is 0.687. The summed E-state index contributed by atoms with van der Waals surface area (Å²) in [6.07, 6.45) is 3.12. The van der Waals surface area contributed by atoms with Crippen molar-refractivity contribution < 1.29 is 0 Å². The van der Waals surface area contributed by atoms with E-state index >= 15 is 0 Å². The molecule has 0 aliphatic carbocycles. The van der Waals surface area contributed by atoms with Crippen LogP contribution in [0, 0.1) is 11.5 Å². The van der Waals surface area contributed by atoms with Crippen molar-refractivity contribution in [1.82, 2.24) is 15.0 Å². The van der Waals surface area contributed by atoms with Crippen LogP contribution in [0.5, 0.6) is 0 Å². The summed E-state index contributed by atoms with van der Waals surface area (Å²) in [5, 5.41) is 0.808. The summed E-state index contributed by atoms with van der Waals surface area (Å²) < 4.78 is 0. The highest BCUT2D eigenvalue weighted by atomic mass is 28.3. The lowest BCUT2D eigenvalue weighted by Crippen LogP contribution is -2.43. The van der Waals surface area contributed by atoms with Gasteiger partial charge < -0.3 is 4.98 Å². The van der Waals surface area contributed by atoms with Gasteiger partial charge in [0.15, 0.2) is 0 Å².